The summed E-state index contributed by atoms with van der Waals surface area (Å²) in [7, 11) is 0. The lowest BCUT2D eigenvalue weighted by Crippen LogP contribution is -2.50. The lowest BCUT2D eigenvalue weighted by molar-refractivity contribution is -0.0705. The summed E-state index contributed by atoms with van der Waals surface area (Å²) in [5.74, 6) is 4.92. The predicted molar refractivity (Wildman–Crippen MR) is 85.5 cm³/mol. The molecule has 112 valence electrons. The third kappa shape index (κ3) is 1.69. The van der Waals surface area contributed by atoms with Crippen LogP contribution in [-0.2, 0) is 0 Å². The number of fused-ring (bicyclic) bond motifs is 4. The molecule has 0 aromatic heterocycles. The van der Waals surface area contributed by atoms with Crippen LogP contribution in [0.5, 0.6) is 0 Å². The molecule has 0 unspecified atom stereocenters. The fourth-order valence-electron chi connectivity index (χ4n) is 6.10. The van der Waals surface area contributed by atoms with Gasteiger partial charge in [0.25, 0.3) is 0 Å². The van der Waals surface area contributed by atoms with Crippen molar-refractivity contribution in [3.05, 3.63) is 23.3 Å². The van der Waals surface area contributed by atoms with Crippen molar-refractivity contribution < 1.29 is 5.11 Å². The van der Waals surface area contributed by atoms with E-state index in [9.17, 15) is 5.11 Å². The Hall–Kier alpha value is -1.00. The standard InChI is InChI=1S/C20H26O/c1-3-20(21)13-11-18-17-9-8-14-6-4-5-7-15(14)16(17)10-12-19(18,20)2/h1,4,6,16-18,21H,5,7-13H2,2H3/t16-,17-,18+,19+,20+/m1/s1. The summed E-state index contributed by atoms with van der Waals surface area (Å²) in [4.78, 5) is 0. The molecule has 5 atom stereocenters. The summed E-state index contributed by atoms with van der Waals surface area (Å²) in [6, 6.07) is 0. The van der Waals surface area contributed by atoms with Gasteiger partial charge in [0.05, 0.1) is 0 Å². The topological polar surface area (TPSA) is 20.2 Å². The molecule has 0 spiro atoms. The number of hydrogen-bond acceptors (Lipinski definition) is 1. The summed E-state index contributed by atoms with van der Waals surface area (Å²) in [5.41, 5.74) is 2.48. The molecule has 1 N–H and O–H groups in total. The largest absolute Gasteiger partial charge is 0.377 e. The van der Waals surface area contributed by atoms with Gasteiger partial charge in [-0.05, 0) is 74.7 Å². The van der Waals surface area contributed by atoms with Crippen LogP contribution >= 0.6 is 0 Å². The van der Waals surface area contributed by atoms with E-state index < -0.39 is 5.60 Å². The molecule has 0 saturated heterocycles. The van der Waals surface area contributed by atoms with Gasteiger partial charge in [-0.15, -0.1) is 6.42 Å². The molecule has 0 radical (unpaired) electrons. The first kappa shape index (κ1) is 13.6. The Bertz CT molecular complexity index is 563. The summed E-state index contributed by atoms with van der Waals surface area (Å²) in [5, 5.41) is 10.9. The van der Waals surface area contributed by atoms with Crippen molar-refractivity contribution >= 4 is 0 Å². The first-order valence-corrected chi connectivity index (χ1v) is 8.68. The van der Waals surface area contributed by atoms with Crippen LogP contribution < -0.4 is 0 Å². The van der Waals surface area contributed by atoms with Crippen molar-refractivity contribution in [1.29, 1.82) is 0 Å². The van der Waals surface area contributed by atoms with Gasteiger partial charge in [0, 0.05) is 5.41 Å². The number of rotatable bonds is 0. The van der Waals surface area contributed by atoms with E-state index >= 15 is 0 Å². The lowest BCUT2D eigenvalue weighted by atomic mass is 9.53. The number of aliphatic hydroxyl groups is 1. The molecule has 1 nitrogen and oxygen atoms in total. The predicted octanol–water partition coefficient (Wildman–Crippen LogP) is 4.23. The van der Waals surface area contributed by atoms with E-state index in [1.807, 2.05) is 0 Å². The van der Waals surface area contributed by atoms with Crippen LogP contribution in [-0.4, -0.2) is 10.7 Å². The third-order valence-electron chi connectivity index (χ3n) is 7.33. The minimum absolute atomic E-state index is 0.0501. The molecule has 1 heteroatoms. The van der Waals surface area contributed by atoms with Gasteiger partial charge < -0.3 is 5.11 Å². The summed E-state index contributed by atoms with van der Waals surface area (Å²) >= 11 is 0. The molecular formula is C20H26O. The van der Waals surface area contributed by atoms with Crippen LogP contribution in [0.15, 0.2) is 23.3 Å². The maximum atomic E-state index is 10.9. The Morgan fingerprint density at radius 1 is 1.24 bits per heavy atom. The summed E-state index contributed by atoms with van der Waals surface area (Å²) < 4.78 is 0. The van der Waals surface area contributed by atoms with Crippen LogP contribution in [0.25, 0.3) is 0 Å². The second-order valence-corrected chi connectivity index (χ2v) is 7.91. The molecule has 0 bridgehead atoms. The number of hydrogen-bond donors (Lipinski definition) is 1. The van der Waals surface area contributed by atoms with Crippen LogP contribution in [0.3, 0.4) is 0 Å². The fourth-order valence-corrected chi connectivity index (χ4v) is 6.10. The van der Waals surface area contributed by atoms with Gasteiger partial charge in [-0.3, -0.25) is 0 Å². The molecule has 4 rings (SSSR count). The van der Waals surface area contributed by atoms with Crippen molar-refractivity contribution in [2.24, 2.45) is 23.2 Å². The second-order valence-electron chi connectivity index (χ2n) is 7.91. The average Bonchev–Trinajstić information content (AvgIpc) is 2.79. The van der Waals surface area contributed by atoms with Gasteiger partial charge >= 0.3 is 0 Å². The highest BCUT2D eigenvalue weighted by molar-refractivity contribution is 5.35. The van der Waals surface area contributed by atoms with Gasteiger partial charge in [0.15, 0.2) is 0 Å². The molecule has 0 aliphatic heterocycles. The van der Waals surface area contributed by atoms with Gasteiger partial charge in [-0.25, -0.2) is 0 Å². The Balaban J connectivity index is 1.70. The zero-order chi connectivity index (χ0) is 14.7. The highest BCUT2D eigenvalue weighted by atomic mass is 16.3. The molecular weight excluding hydrogens is 256 g/mol. The summed E-state index contributed by atoms with van der Waals surface area (Å²) in [6.45, 7) is 2.27. The Labute approximate surface area is 128 Å². The van der Waals surface area contributed by atoms with Crippen LogP contribution in [0.2, 0.25) is 0 Å². The molecule has 0 amide bonds. The highest BCUT2D eigenvalue weighted by Crippen LogP contribution is 2.63. The quantitative estimate of drug-likeness (QED) is 0.659. The third-order valence-corrected chi connectivity index (χ3v) is 7.33. The first-order valence-electron chi connectivity index (χ1n) is 8.68. The lowest BCUT2D eigenvalue weighted by Gasteiger charge is -2.52. The molecule has 2 saturated carbocycles. The Kier molecular flexibility index (Phi) is 2.92. The fraction of sp³-hybridized carbons (Fsp3) is 0.700. The highest BCUT2D eigenvalue weighted by Gasteiger charge is 2.61. The molecule has 0 aromatic carbocycles. The first-order chi connectivity index (χ1) is 10.1. The average molecular weight is 282 g/mol. The molecule has 4 aliphatic rings. The minimum atomic E-state index is -0.857. The van der Waals surface area contributed by atoms with Crippen molar-refractivity contribution in [2.75, 3.05) is 0 Å². The molecule has 4 aliphatic carbocycles. The Morgan fingerprint density at radius 2 is 2.10 bits per heavy atom. The second kappa shape index (κ2) is 4.50. The van der Waals surface area contributed by atoms with E-state index in [1.54, 1.807) is 11.1 Å². The zero-order valence-electron chi connectivity index (χ0n) is 13.1. The van der Waals surface area contributed by atoms with Gasteiger partial charge in [-0.1, -0.05) is 30.6 Å². The molecule has 21 heavy (non-hydrogen) atoms. The number of allylic oxidation sites excluding steroid dienone is 4. The van der Waals surface area contributed by atoms with Crippen LogP contribution in [0, 0.1) is 35.5 Å². The maximum Gasteiger partial charge on any atom is 0.130 e. The van der Waals surface area contributed by atoms with Gasteiger partial charge in [-0.2, -0.15) is 0 Å². The smallest absolute Gasteiger partial charge is 0.130 e. The van der Waals surface area contributed by atoms with Crippen molar-refractivity contribution in [2.45, 2.75) is 63.9 Å². The SMILES string of the molecule is C#C[C@]1(O)CC[C@H]2[C@@H]3CCC4=C(CCC=C4)[C@H]3CC[C@@]21C. The van der Waals surface area contributed by atoms with E-state index in [4.69, 9.17) is 6.42 Å². The minimum Gasteiger partial charge on any atom is -0.377 e. The summed E-state index contributed by atoms with van der Waals surface area (Å²) in [6.07, 6.45) is 19.7. The van der Waals surface area contributed by atoms with Crippen molar-refractivity contribution in [3.63, 3.8) is 0 Å². The van der Waals surface area contributed by atoms with Crippen molar-refractivity contribution in [1.82, 2.24) is 0 Å². The van der Waals surface area contributed by atoms with E-state index in [2.05, 4.69) is 25.0 Å². The van der Waals surface area contributed by atoms with Gasteiger partial charge in [0.2, 0.25) is 0 Å². The van der Waals surface area contributed by atoms with E-state index in [0.717, 1.165) is 31.1 Å². The molecule has 0 heterocycles. The van der Waals surface area contributed by atoms with E-state index in [0.29, 0.717) is 5.92 Å². The molecule has 2 fully saturated rings. The van der Waals surface area contributed by atoms with Crippen LogP contribution in [0.1, 0.15) is 58.3 Å². The van der Waals surface area contributed by atoms with Gasteiger partial charge in [0.1, 0.15) is 5.60 Å². The zero-order valence-corrected chi connectivity index (χ0v) is 13.1. The monoisotopic (exact) mass is 282 g/mol. The molecule has 0 aromatic rings. The maximum absolute atomic E-state index is 10.9. The van der Waals surface area contributed by atoms with E-state index in [-0.39, 0.29) is 5.41 Å². The van der Waals surface area contributed by atoms with E-state index in [1.165, 1.54) is 32.1 Å². The number of terminal acetylenes is 1. The Morgan fingerprint density at radius 3 is 2.90 bits per heavy atom. The van der Waals surface area contributed by atoms with Crippen molar-refractivity contribution in [3.8, 4) is 12.3 Å². The normalized spacial score (nSPS) is 48.3. The van der Waals surface area contributed by atoms with Crippen LogP contribution in [0.4, 0.5) is 0 Å².